The fourth-order valence-corrected chi connectivity index (χ4v) is 4.25. The first-order valence-corrected chi connectivity index (χ1v) is 11.3. The van der Waals surface area contributed by atoms with Gasteiger partial charge >= 0.3 is 0 Å². The molecule has 0 spiro atoms. The molecule has 0 radical (unpaired) electrons. The highest BCUT2D eigenvalue weighted by atomic mass is 16.1. The van der Waals surface area contributed by atoms with E-state index in [1.54, 1.807) is 0 Å². The summed E-state index contributed by atoms with van der Waals surface area (Å²) >= 11 is 0. The number of nitrogens with zero attached hydrogens (tertiary/aromatic N) is 2. The second-order valence-electron chi connectivity index (χ2n) is 8.91. The van der Waals surface area contributed by atoms with Crippen molar-refractivity contribution in [1.82, 2.24) is 9.88 Å². The Hall–Kier alpha value is -3.68. The largest absolute Gasteiger partial charge is 0.321 e. The number of hydrogen-bond acceptors (Lipinski definition) is 3. The molecule has 0 amide bonds. The van der Waals surface area contributed by atoms with Crippen LogP contribution in [-0.4, -0.2) is 9.88 Å². The molecular formula is C29H29N3O. The first-order chi connectivity index (χ1) is 16.0. The van der Waals surface area contributed by atoms with Crippen LogP contribution in [0.25, 0.3) is 10.9 Å². The van der Waals surface area contributed by atoms with Gasteiger partial charge in [-0.1, -0.05) is 86.6 Å². The Labute approximate surface area is 195 Å². The number of fused-ring (bicyclic) bond motifs is 1. The molecule has 1 atom stereocenters. The molecule has 4 nitrogen and oxygen atoms in total. The summed E-state index contributed by atoms with van der Waals surface area (Å²) in [6.07, 6.45) is 0. The minimum Gasteiger partial charge on any atom is -0.321 e. The van der Waals surface area contributed by atoms with E-state index >= 15 is 0 Å². The van der Waals surface area contributed by atoms with Crippen LogP contribution in [0.5, 0.6) is 0 Å². The highest BCUT2D eigenvalue weighted by Crippen LogP contribution is 2.26. The van der Waals surface area contributed by atoms with Gasteiger partial charge in [-0.15, -0.1) is 0 Å². The van der Waals surface area contributed by atoms with Crippen molar-refractivity contribution >= 4 is 10.9 Å². The average Bonchev–Trinajstić information content (AvgIpc) is 2.81. The maximum atomic E-state index is 13.1. The summed E-state index contributed by atoms with van der Waals surface area (Å²) < 4.78 is 0. The zero-order valence-electron chi connectivity index (χ0n) is 19.4. The maximum Gasteiger partial charge on any atom is 0.254 e. The first kappa shape index (κ1) is 22.5. The molecule has 4 heteroatoms. The number of nitriles is 1. The van der Waals surface area contributed by atoms with Gasteiger partial charge in [-0.05, 0) is 46.5 Å². The van der Waals surface area contributed by atoms with E-state index in [9.17, 15) is 10.1 Å². The van der Waals surface area contributed by atoms with Gasteiger partial charge in [0.1, 0.15) is 6.04 Å². The Kier molecular flexibility index (Phi) is 6.72. The average molecular weight is 436 g/mol. The van der Waals surface area contributed by atoms with E-state index in [0.29, 0.717) is 24.6 Å². The smallest absolute Gasteiger partial charge is 0.254 e. The number of aromatic amines is 1. The summed E-state index contributed by atoms with van der Waals surface area (Å²) in [4.78, 5) is 18.2. The van der Waals surface area contributed by atoms with Crippen LogP contribution in [0, 0.1) is 18.3 Å². The lowest BCUT2D eigenvalue weighted by Crippen LogP contribution is -2.31. The molecule has 0 aliphatic heterocycles. The fraction of sp³-hybridized carbons (Fsp3) is 0.241. The van der Waals surface area contributed by atoms with Gasteiger partial charge in [-0.2, -0.15) is 5.26 Å². The van der Waals surface area contributed by atoms with Gasteiger partial charge < -0.3 is 4.98 Å². The zero-order chi connectivity index (χ0) is 23.4. The molecule has 0 saturated carbocycles. The van der Waals surface area contributed by atoms with Crippen molar-refractivity contribution in [2.75, 3.05) is 0 Å². The lowest BCUT2D eigenvalue weighted by atomic mass is 10.00. The monoisotopic (exact) mass is 435 g/mol. The van der Waals surface area contributed by atoms with Crippen LogP contribution in [0.15, 0.2) is 83.7 Å². The third-order valence-corrected chi connectivity index (χ3v) is 6.16. The highest BCUT2D eigenvalue weighted by molar-refractivity contribution is 5.82. The standard InChI is InChI=1S/C29H29N3O/c1-20(2)24-14-12-23(13-15-24)19-32(18-22-9-5-4-6-10-22)27(17-30)26-16-25-11-7-8-21(3)28(25)31-29(26)33/h4-16,20,27H,18-19H2,1-3H3,(H,31,33). The molecule has 1 aromatic heterocycles. The fourth-order valence-electron chi connectivity index (χ4n) is 4.25. The van der Waals surface area contributed by atoms with Crippen LogP contribution in [0.2, 0.25) is 0 Å². The molecule has 1 N–H and O–H groups in total. The van der Waals surface area contributed by atoms with E-state index in [0.717, 1.165) is 27.6 Å². The quantitative estimate of drug-likeness (QED) is 0.374. The summed E-state index contributed by atoms with van der Waals surface area (Å²) in [6, 6.07) is 28.1. The summed E-state index contributed by atoms with van der Waals surface area (Å²) in [5.41, 5.74) is 5.60. The van der Waals surface area contributed by atoms with Gasteiger partial charge in [0.15, 0.2) is 0 Å². The van der Waals surface area contributed by atoms with E-state index in [-0.39, 0.29) is 5.56 Å². The highest BCUT2D eigenvalue weighted by Gasteiger charge is 2.24. The summed E-state index contributed by atoms with van der Waals surface area (Å²) in [5, 5.41) is 11.2. The van der Waals surface area contributed by atoms with Crippen LogP contribution in [0.1, 0.15) is 53.6 Å². The molecule has 1 heterocycles. The Bertz CT molecular complexity index is 1330. The number of aromatic nitrogens is 1. The zero-order valence-corrected chi connectivity index (χ0v) is 19.4. The number of rotatable bonds is 7. The molecule has 4 rings (SSSR count). The van der Waals surface area contributed by atoms with Gasteiger partial charge in [0.05, 0.1) is 11.6 Å². The lowest BCUT2D eigenvalue weighted by Gasteiger charge is -2.27. The predicted octanol–water partition coefficient (Wildman–Crippen LogP) is 6.23. The summed E-state index contributed by atoms with van der Waals surface area (Å²) in [5.74, 6) is 0.464. The number of para-hydroxylation sites is 1. The Morgan fingerprint density at radius 3 is 2.21 bits per heavy atom. The first-order valence-electron chi connectivity index (χ1n) is 11.3. The number of pyridine rings is 1. The number of H-pyrrole nitrogens is 1. The van der Waals surface area contributed by atoms with Crippen molar-refractivity contribution in [1.29, 1.82) is 5.26 Å². The molecule has 0 fully saturated rings. The van der Waals surface area contributed by atoms with Gasteiger partial charge in [-0.25, -0.2) is 0 Å². The van der Waals surface area contributed by atoms with Gasteiger partial charge in [0.25, 0.3) is 5.56 Å². The van der Waals surface area contributed by atoms with Crippen LogP contribution >= 0.6 is 0 Å². The molecule has 166 valence electrons. The van der Waals surface area contributed by atoms with E-state index in [4.69, 9.17) is 0 Å². The molecule has 0 bridgehead atoms. The second kappa shape index (κ2) is 9.85. The van der Waals surface area contributed by atoms with Gasteiger partial charge in [-0.3, -0.25) is 9.69 Å². The SMILES string of the molecule is Cc1cccc2cc(C(C#N)N(Cc3ccccc3)Cc3ccc(C(C)C)cc3)c(=O)[nH]c12. The minimum atomic E-state index is -0.677. The topological polar surface area (TPSA) is 59.9 Å². The van der Waals surface area contributed by atoms with Crippen LogP contribution in [-0.2, 0) is 13.1 Å². The summed E-state index contributed by atoms with van der Waals surface area (Å²) in [7, 11) is 0. The van der Waals surface area contributed by atoms with Crippen LogP contribution in [0.4, 0.5) is 0 Å². The Morgan fingerprint density at radius 2 is 1.58 bits per heavy atom. The van der Waals surface area contributed by atoms with Crippen molar-refractivity contribution in [3.05, 3.63) is 117 Å². The van der Waals surface area contributed by atoms with Crippen LogP contribution in [0.3, 0.4) is 0 Å². The van der Waals surface area contributed by atoms with Crippen LogP contribution < -0.4 is 5.56 Å². The molecule has 3 aromatic carbocycles. The Balaban J connectivity index is 1.74. The van der Waals surface area contributed by atoms with Crippen molar-refractivity contribution in [2.45, 2.75) is 45.8 Å². The van der Waals surface area contributed by atoms with Crippen molar-refractivity contribution in [2.24, 2.45) is 0 Å². The molecule has 0 saturated heterocycles. The van der Waals surface area contributed by atoms with E-state index in [2.05, 4.69) is 66.2 Å². The van der Waals surface area contributed by atoms with E-state index < -0.39 is 6.04 Å². The maximum absolute atomic E-state index is 13.1. The van der Waals surface area contributed by atoms with Gasteiger partial charge in [0, 0.05) is 18.7 Å². The minimum absolute atomic E-state index is 0.212. The molecule has 0 aliphatic carbocycles. The van der Waals surface area contributed by atoms with E-state index in [1.165, 1.54) is 5.56 Å². The molecular weight excluding hydrogens is 406 g/mol. The number of nitrogens with one attached hydrogen (secondary N) is 1. The van der Waals surface area contributed by atoms with E-state index in [1.807, 2.05) is 49.4 Å². The molecule has 33 heavy (non-hydrogen) atoms. The second-order valence-corrected chi connectivity index (χ2v) is 8.91. The number of benzene rings is 3. The predicted molar refractivity (Wildman–Crippen MR) is 134 cm³/mol. The van der Waals surface area contributed by atoms with Crippen molar-refractivity contribution in [3.63, 3.8) is 0 Å². The number of hydrogen-bond donors (Lipinski definition) is 1. The molecule has 1 unspecified atom stereocenters. The molecule has 4 aromatic rings. The third-order valence-electron chi connectivity index (χ3n) is 6.16. The normalized spacial score (nSPS) is 12.2. The lowest BCUT2D eigenvalue weighted by molar-refractivity contribution is 0.216. The van der Waals surface area contributed by atoms with Gasteiger partial charge in [0.2, 0.25) is 0 Å². The summed E-state index contributed by atoms with van der Waals surface area (Å²) in [6.45, 7) is 7.46. The number of aryl methyl sites for hydroxylation is 1. The molecule has 0 aliphatic rings. The third kappa shape index (κ3) is 5.05. The van der Waals surface area contributed by atoms with Crippen molar-refractivity contribution in [3.8, 4) is 6.07 Å². The Morgan fingerprint density at radius 1 is 0.909 bits per heavy atom. The van der Waals surface area contributed by atoms with Crippen molar-refractivity contribution < 1.29 is 0 Å².